The van der Waals surface area contributed by atoms with Crippen LogP contribution in [0.4, 0.5) is 0 Å². The van der Waals surface area contributed by atoms with E-state index in [1.165, 1.54) is 117 Å². The van der Waals surface area contributed by atoms with Crippen LogP contribution in [0.3, 0.4) is 0 Å². The summed E-state index contributed by atoms with van der Waals surface area (Å²) in [7, 11) is 0. The minimum Gasteiger partial charge on any atom is -0.248 e. The second-order valence-corrected chi connectivity index (χ2v) is 23.0. The van der Waals surface area contributed by atoms with Crippen LogP contribution < -0.4 is 0 Å². The van der Waals surface area contributed by atoms with Gasteiger partial charge in [-0.15, -0.1) is 0 Å². The molecule has 0 bridgehead atoms. The molecular formula is C84H70N2. The molecule has 2 nitrogen and oxygen atoms in total. The number of benzene rings is 11. The average Bonchev–Trinajstić information content (AvgIpc) is 2.25. The van der Waals surface area contributed by atoms with Gasteiger partial charge in [0, 0.05) is 22.3 Å². The third-order valence-electron chi connectivity index (χ3n) is 16.9. The minimum atomic E-state index is 0.950. The van der Waals surface area contributed by atoms with Gasteiger partial charge in [0.15, 0.2) is 0 Å². The van der Waals surface area contributed by atoms with E-state index in [2.05, 4.69) is 322 Å². The van der Waals surface area contributed by atoms with E-state index < -0.39 is 0 Å². The number of aromatic nitrogens is 2. The Kier molecular flexibility index (Phi) is 16.3. The molecule has 13 rings (SSSR count). The highest BCUT2D eigenvalue weighted by molar-refractivity contribution is 5.84. The number of rotatable bonds is 11. The molecule has 0 N–H and O–H groups in total. The van der Waals surface area contributed by atoms with Crippen molar-refractivity contribution < 1.29 is 0 Å². The van der Waals surface area contributed by atoms with Gasteiger partial charge in [-0.2, -0.15) is 0 Å². The van der Waals surface area contributed by atoms with Crippen molar-refractivity contribution in [3.8, 4) is 123 Å². The Hall–Kier alpha value is -10.3. The fourth-order valence-corrected chi connectivity index (χ4v) is 11.9. The molecule has 0 aliphatic carbocycles. The summed E-state index contributed by atoms with van der Waals surface area (Å²) in [5.74, 6) is 0. The van der Waals surface area contributed by atoms with Crippen molar-refractivity contribution in [2.75, 3.05) is 0 Å². The molecule has 86 heavy (non-hydrogen) atoms. The molecule has 0 radical (unpaired) electrons. The van der Waals surface area contributed by atoms with Gasteiger partial charge in [0.1, 0.15) is 0 Å². The van der Waals surface area contributed by atoms with Gasteiger partial charge in [-0.1, -0.05) is 242 Å². The smallest absolute Gasteiger partial charge is 0.0715 e. The first-order valence-electron chi connectivity index (χ1n) is 29.8. The first kappa shape index (κ1) is 56.2. The van der Waals surface area contributed by atoms with Gasteiger partial charge in [0.2, 0.25) is 0 Å². The van der Waals surface area contributed by atoms with Crippen LogP contribution in [0.2, 0.25) is 0 Å². The lowest BCUT2D eigenvalue weighted by atomic mass is 9.89. The van der Waals surface area contributed by atoms with E-state index in [-0.39, 0.29) is 0 Å². The topological polar surface area (TPSA) is 25.8 Å². The quantitative estimate of drug-likeness (QED) is 0.129. The third-order valence-corrected chi connectivity index (χ3v) is 16.9. The van der Waals surface area contributed by atoms with Gasteiger partial charge in [0.05, 0.1) is 22.8 Å². The molecule has 2 aromatic heterocycles. The predicted molar refractivity (Wildman–Crippen MR) is 366 cm³/mol. The lowest BCUT2D eigenvalue weighted by Gasteiger charge is -2.16. The van der Waals surface area contributed by atoms with E-state index in [4.69, 9.17) is 9.97 Å². The molecule has 0 spiro atoms. The van der Waals surface area contributed by atoms with E-state index >= 15 is 0 Å². The molecule has 2 heteroatoms. The van der Waals surface area contributed by atoms with Crippen molar-refractivity contribution in [2.24, 2.45) is 0 Å². The summed E-state index contributed by atoms with van der Waals surface area (Å²) in [5.41, 5.74) is 35.9. The molecule has 2 heterocycles. The van der Waals surface area contributed by atoms with Gasteiger partial charge in [0.25, 0.3) is 0 Å². The van der Waals surface area contributed by atoms with Gasteiger partial charge < -0.3 is 0 Å². The summed E-state index contributed by atoms with van der Waals surface area (Å²) in [6, 6.07) is 100. The second kappa shape index (κ2) is 24.9. The highest BCUT2D eigenvalue weighted by atomic mass is 14.7. The van der Waals surface area contributed by atoms with E-state index in [1.807, 2.05) is 12.1 Å². The van der Waals surface area contributed by atoms with E-state index in [9.17, 15) is 0 Å². The van der Waals surface area contributed by atoms with E-state index in [1.54, 1.807) is 0 Å². The molecule has 0 fully saturated rings. The van der Waals surface area contributed by atoms with Gasteiger partial charge in [-0.05, 0) is 215 Å². The average molecular weight is 1110 g/mol. The maximum absolute atomic E-state index is 5.34. The Labute approximate surface area is 508 Å². The summed E-state index contributed by atoms with van der Waals surface area (Å²) in [6.45, 7) is 17.5. The molecule has 0 saturated heterocycles. The predicted octanol–water partition coefficient (Wildman–Crippen LogP) is 23.0. The number of aryl methyl sites for hydroxylation is 6. The summed E-state index contributed by atoms with van der Waals surface area (Å²) in [4.78, 5) is 10.3. The van der Waals surface area contributed by atoms with Crippen LogP contribution in [0.25, 0.3) is 123 Å². The van der Waals surface area contributed by atoms with Crippen molar-refractivity contribution in [2.45, 2.75) is 55.4 Å². The molecule has 416 valence electrons. The monoisotopic (exact) mass is 1110 g/mol. The Morgan fingerprint density at radius 2 is 0.488 bits per heavy atom. The molecule has 0 aliphatic rings. The van der Waals surface area contributed by atoms with Crippen LogP contribution >= 0.6 is 0 Å². The highest BCUT2D eigenvalue weighted by Crippen LogP contribution is 2.38. The molecule has 0 saturated carbocycles. The number of hydrogen-bond donors (Lipinski definition) is 0. The van der Waals surface area contributed by atoms with Gasteiger partial charge in [-0.25, -0.2) is 9.97 Å². The lowest BCUT2D eigenvalue weighted by molar-refractivity contribution is 1.24. The zero-order valence-electron chi connectivity index (χ0n) is 50.5. The third kappa shape index (κ3) is 12.3. The van der Waals surface area contributed by atoms with Crippen LogP contribution in [-0.2, 0) is 0 Å². The summed E-state index contributed by atoms with van der Waals surface area (Å²) in [5, 5.41) is 0. The van der Waals surface area contributed by atoms with Crippen LogP contribution in [-0.4, -0.2) is 9.97 Å². The van der Waals surface area contributed by atoms with Crippen molar-refractivity contribution in [1.82, 2.24) is 9.97 Å². The molecule has 0 amide bonds. The maximum atomic E-state index is 5.34. The Morgan fingerprint density at radius 3 is 0.884 bits per heavy atom. The van der Waals surface area contributed by atoms with Crippen molar-refractivity contribution in [1.29, 1.82) is 0 Å². The van der Waals surface area contributed by atoms with Crippen LogP contribution in [0.1, 0.15) is 44.5 Å². The first-order chi connectivity index (χ1) is 41.9. The minimum absolute atomic E-state index is 0.950. The largest absolute Gasteiger partial charge is 0.248 e. The standard InChI is InChI=1S/C51H41N.C33H29N/c1-34-22-24-36(3)48(26-34)43-18-8-14-39(28-43)41-16-10-20-45(30-41)50-32-47(38-12-6-5-7-13-38)33-51(52-50)46-21-11-17-42(31-46)40-15-9-19-44(29-40)49-27-35(2)23-25-37(49)4;1-22-19-23(2)25(4)33(24(22)3)29-17-15-26(16-18-29)30-20-31(27-11-7-5-8-12-27)34-32(21-30)28-13-9-6-10-14-28/h5-33H,1-4H3;5-21H,1-4H3. The van der Waals surface area contributed by atoms with Crippen LogP contribution in [0, 0.1) is 55.4 Å². The molecular weight excluding hydrogens is 1040 g/mol. The summed E-state index contributed by atoms with van der Waals surface area (Å²) >= 11 is 0. The SMILES string of the molecule is Cc1cc(C)c(C)c(-c2ccc(-c3cc(-c4ccccc4)nc(-c4ccccc4)c3)cc2)c1C.Cc1ccc(C)c(-c2cccc(-c3cccc(-c4cc(-c5ccccc5)cc(-c5cccc(-c6cccc(-c7cc(C)ccc7C)c6)c5)n4)c3)c2)c1. The molecule has 0 atom stereocenters. The van der Waals surface area contributed by atoms with Crippen LogP contribution in [0.15, 0.2) is 279 Å². The van der Waals surface area contributed by atoms with Gasteiger partial charge >= 0.3 is 0 Å². The molecule has 0 unspecified atom stereocenters. The highest BCUT2D eigenvalue weighted by Gasteiger charge is 2.16. The number of nitrogens with zero attached hydrogens (tertiary/aromatic N) is 2. The molecule has 0 aliphatic heterocycles. The zero-order chi connectivity index (χ0) is 59.3. The first-order valence-corrected chi connectivity index (χ1v) is 29.8. The summed E-state index contributed by atoms with van der Waals surface area (Å²) in [6.07, 6.45) is 0. The summed E-state index contributed by atoms with van der Waals surface area (Å²) < 4.78 is 0. The number of hydrogen-bond acceptors (Lipinski definition) is 2. The normalized spacial score (nSPS) is 11.0. The lowest BCUT2D eigenvalue weighted by Crippen LogP contribution is -1.95. The fourth-order valence-electron chi connectivity index (χ4n) is 11.9. The van der Waals surface area contributed by atoms with Crippen molar-refractivity contribution in [3.05, 3.63) is 324 Å². The Bertz CT molecular complexity index is 4330. The van der Waals surface area contributed by atoms with Crippen molar-refractivity contribution >= 4 is 0 Å². The van der Waals surface area contributed by atoms with E-state index in [0.717, 1.165) is 50.6 Å². The second-order valence-electron chi connectivity index (χ2n) is 23.0. The molecule has 11 aromatic carbocycles. The Morgan fingerprint density at radius 1 is 0.186 bits per heavy atom. The van der Waals surface area contributed by atoms with Crippen molar-refractivity contribution in [3.63, 3.8) is 0 Å². The fraction of sp³-hybridized carbons (Fsp3) is 0.0952. The maximum Gasteiger partial charge on any atom is 0.0715 e. The molecule has 13 aromatic rings. The van der Waals surface area contributed by atoms with E-state index in [0.29, 0.717) is 0 Å². The zero-order valence-corrected chi connectivity index (χ0v) is 50.5. The van der Waals surface area contributed by atoms with Crippen LogP contribution in [0.5, 0.6) is 0 Å². The van der Waals surface area contributed by atoms with Gasteiger partial charge in [-0.3, -0.25) is 0 Å². The number of pyridine rings is 2. The Balaban J connectivity index is 0.000000184.